The van der Waals surface area contributed by atoms with Gasteiger partial charge in [0.05, 0.1) is 17.4 Å². The maximum Gasteiger partial charge on any atom is 0.235 e. The fraction of sp³-hybridized carbons (Fsp3) is 0.368. The van der Waals surface area contributed by atoms with E-state index in [1.165, 1.54) is 0 Å². The number of carbonyl (C=O) groups is 1. The van der Waals surface area contributed by atoms with Gasteiger partial charge in [-0.2, -0.15) is 5.26 Å². The zero-order chi connectivity index (χ0) is 20.0. The number of amides is 1. The number of anilines is 1. The third kappa shape index (κ3) is 5.50. The molecule has 2 heterocycles. The highest BCUT2D eigenvalue weighted by atomic mass is 32.2. The van der Waals surface area contributed by atoms with Crippen LogP contribution in [0.1, 0.15) is 24.0 Å². The van der Waals surface area contributed by atoms with Crippen molar-refractivity contribution in [1.82, 2.24) is 15.3 Å². The van der Waals surface area contributed by atoms with Crippen LogP contribution in [0.4, 0.5) is 5.95 Å². The Bertz CT molecular complexity index is 947. The number of piperidine rings is 1. The number of nitriles is 1. The Morgan fingerprint density at radius 2 is 1.82 bits per heavy atom. The second kappa shape index (κ2) is 8.80. The Morgan fingerprint density at radius 1 is 1.18 bits per heavy atom. The molecule has 2 aromatic rings. The molecule has 8 nitrogen and oxygen atoms in total. The van der Waals surface area contributed by atoms with Gasteiger partial charge >= 0.3 is 0 Å². The first kappa shape index (κ1) is 19.8. The van der Waals surface area contributed by atoms with E-state index in [4.69, 9.17) is 5.26 Å². The topological polar surface area (TPSA) is 116 Å². The van der Waals surface area contributed by atoms with E-state index in [9.17, 15) is 13.2 Å². The molecule has 1 amide bonds. The summed E-state index contributed by atoms with van der Waals surface area (Å²) in [7, 11) is -3.58. The van der Waals surface area contributed by atoms with Gasteiger partial charge in [-0.15, -0.1) is 0 Å². The molecule has 1 saturated heterocycles. The minimum Gasteiger partial charge on any atom is -0.352 e. The molecule has 1 N–H and O–H groups in total. The second-order valence-electron chi connectivity index (χ2n) is 6.72. The number of nitrogens with zero attached hydrogens (tertiary/aromatic N) is 4. The van der Waals surface area contributed by atoms with Gasteiger partial charge in [0.15, 0.2) is 9.84 Å². The number of carbonyl (C=O) groups excluding carboxylic acids is 1. The summed E-state index contributed by atoms with van der Waals surface area (Å²) in [4.78, 5) is 22.7. The lowest BCUT2D eigenvalue weighted by Crippen LogP contribution is -2.46. The largest absolute Gasteiger partial charge is 0.352 e. The summed E-state index contributed by atoms with van der Waals surface area (Å²) in [5.41, 5.74) is 1.02. The van der Waals surface area contributed by atoms with Crippen LogP contribution in [0.25, 0.3) is 0 Å². The van der Waals surface area contributed by atoms with E-state index in [1.54, 1.807) is 42.7 Å². The van der Waals surface area contributed by atoms with E-state index in [-0.39, 0.29) is 11.8 Å². The molecule has 0 radical (unpaired) electrons. The van der Waals surface area contributed by atoms with Crippen LogP contribution in [0.3, 0.4) is 0 Å². The Morgan fingerprint density at radius 3 is 2.43 bits per heavy atom. The van der Waals surface area contributed by atoms with Crippen molar-refractivity contribution >= 4 is 21.7 Å². The van der Waals surface area contributed by atoms with Gasteiger partial charge in [0.1, 0.15) is 5.75 Å². The molecule has 0 bridgehead atoms. The zero-order valence-electron chi connectivity index (χ0n) is 15.3. The lowest BCUT2D eigenvalue weighted by atomic mass is 10.1. The van der Waals surface area contributed by atoms with Gasteiger partial charge < -0.3 is 10.2 Å². The van der Waals surface area contributed by atoms with Gasteiger partial charge in [-0.25, -0.2) is 18.4 Å². The van der Waals surface area contributed by atoms with E-state index in [0.29, 0.717) is 43.0 Å². The summed E-state index contributed by atoms with van der Waals surface area (Å²) in [6, 6.07) is 10.00. The molecule has 1 aromatic heterocycles. The molecule has 0 unspecified atom stereocenters. The Balaban J connectivity index is 1.47. The summed E-state index contributed by atoms with van der Waals surface area (Å²) in [6.45, 7) is 1.40. The van der Waals surface area contributed by atoms with E-state index in [2.05, 4.69) is 15.3 Å². The number of benzene rings is 1. The first-order valence-electron chi connectivity index (χ1n) is 8.96. The fourth-order valence-corrected chi connectivity index (χ4v) is 4.41. The van der Waals surface area contributed by atoms with Crippen molar-refractivity contribution in [1.29, 1.82) is 5.26 Å². The van der Waals surface area contributed by atoms with Gasteiger partial charge in [0.2, 0.25) is 11.9 Å². The number of hydrogen-bond donors (Lipinski definition) is 1. The molecule has 0 spiro atoms. The van der Waals surface area contributed by atoms with Gasteiger partial charge in [-0.1, -0.05) is 12.1 Å². The van der Waals surface area contributed by atoms with Crippen molar-refractivity contribution in [2.24, 2.45) is 0 Å². The lowest BCUT2D eigenvalue weighted by Gasteiger charge is -2.32. The minimum atomic E-state index is -3.58. The van der Waals surface area contributed by atoms with Crippen molar-refractivity contribution in [3.05, 3.63) is 53.9 Å². The number of sulfone groups is 1. The van der Waals surface area contributed by atoms with Crippen molar-refractivity contribution in [2.45, 2.75) is 24.6 Å². The van der Waals surface area contributed by atoms with Gasteiger partial charge in [-0.05, 0) is 36.6 Å². The molecule has 1 fully saturated rings. The van der Waals surface area contributed by atoms with E-state index in [1.807, 2.05) is 11.0 Å². The van der Waals surface area contributed by atoms with Crippen LogP contribution in [-0.4, -0.2) is 49.2 Å². The highest BCUT2D eigenvalue weighted by Crippen LogP contribution is 2.15. The molecule has 1 aliphatic heterocycles. The Kier molecular flexibility index (Phi) is 6.21. The zero-order valence-corrected chi connectivity index (χ0v) is 16.1. The number of rotatable bonds is 6. The van der Waals surface area contributed by atoms with Crippen molar-refractivity contribution < 1.29 is 13.2 Å². The summed E-state index contributed by atoms with van der Waals surface area (Å²) < 4.78 is 24.6. The maximum atomic E-state index is 12.3. The van der Waals surface area contributed by atoms with E-state index >= 15 is 0 Å². The van der Waals surface area contributed by atoms with Gasteiger partial charge in [0, 0.05) is 31.5 Å². The standard InChI is InChI=1S/C19H21N5O3S/c20-12-15-2-4-16(5-3-15)13-28(26,27)14-18(25)23-17-6-10-24(11-7-17)19-21-8-1-9-22-19/h1-5,8-9,17H,6-7,10-11,13-14H2,(H,23,25). The third-order valence-electron chi connectivity index (χ3n) is 4.52. The van der Waals surface area contributed by atoms with Crippen LogP contribution in [0, 0.1) is 11.3 Å². The maximum absolute atomic E-state index is 12.3. The predicted octanol–water partition coefficient (Wildman–Crippen LogP) is 1.05. The van der Waals surface area contributed by atoms with Crippen LogP contribution in [-0.2, 0) is 20.4 Å². The van der Waals surface area contributed by atoms with Crippen LogP contribution < -0.4 is 10.2 Å². The average molecular weight is 399 g/mol. The molecule has 9 heteroatoms. The van der Waals surface area contributed by atoms with Crippen molar-refractivity contribution in [2.75, 3.05) is 23.7 Å². The molecule has 28 heavy (non-hydrogen) atoms. The number of hydrogen-bond acceptors (Lipinski definition) is 7. The van der Waals surface area contributed by atoms with E-state index < -0.39 is 21.5 Å². The lowest BCUT2D eigenvalue weighted by molar-refractivity contribution is -0.119. The number of nitrogens with one attached hydrogen (secondary N) is 1. The molecule has 3 rings (SSSR count). The highest BCUT2D eigenvalue weighted by Gasteiger charge is 2.24. The monoisotopic (exact) mass is 399 g/mol. The first-order valence-corrected chi connectivity index (χ1v) is 10.8. The summed E-state index contributed by atoms with van der Waals surface area (Å²) >= 11 is 0. The third-order valence-corrected chi connectivity index (χ3v) is 5.99. The summed E-state index contributed by atoms with van der Waals surface area (Å²) in [6.07, 6.45) is 4.79. The SMILES string of the molecule is N#Cc1ccc(CS(=O)(=O)CC(=O)NC2CCN(c3ncccn3)CC2)cc1. The summed E-state index contributed by atoms with van der Waals surface area (Å²) in [5.74, 6) is -0.592. The molecule has 1 aliphatic rings. The minimum absolute atomic E-state index is 0.0578. The van der Waals surface area contributed by atoms with Gasteiger partial charge in [-0.3, -0.25) is 4.79 Å². The van der Waals surface area contributed by atoms with Gasteiger partial charge in [0.25, 0.3) is 0 Å². The van der Waals surface area contributed by atoms with Crippen LogP contribution in [0.2, 0.25) is 0 Å². The first-order chi connectivity index (χ1) is 13.4. The quantitative estimate of drug-likeness (QED) is 0.772. The Hall–Kier alpha value is -2.99. The molecule has 146 valence electrons. The molecule has 0 atom stereocenters. The Labute approximate surface area is 164 Å². The molecule has 0 aliphatic carbocycles. The predicted molar refractivity (Wildman–Crippen MR) is 104 cm³/mol. The van der Waals surface area contributed by atoms with Crippen LogP contribution in [0.15, 0.2) is 42.7 Å². The molecular formula is C19H21N5O3S. The van der Waals surface area contributed by atoms with Crippen molar-refractivity contribution in [3.8, 4) is 6.07 Å². The molecular weight excluding hydrogens is 378 g/mol. The normalized spacial score (nSPS) is 15.0. The van der Waals surface area contributed by atoms with Crippen LogP contribution >= 0.6 is 0 Å². The van der Waals surface area contributed by atoms with Crippen LogP contribution in [0.5, 0.6) is 0 Å². The average Bonchev–Trinajstić information content (AvgIpc) is 2.69. The number of aromatic nitrogens is 2. The smallest absolute Gasteiger partial charge is 0.235 e. The summed E-state index contributed by atoms with van der Waals surface area (Å²) in [5, 5.41) is 11.6. The fourth-order valence-electron chi connectivity index (χ4n) is 3.13. The van der Waals surface area contributed by atoms with E-state index in [0.717, 1.165) is 0 Å². The molecule has 1 aromatic carbocycles. The molecule has 0 saturated carbocycles. The second-order valence-corrected chi connectivity index (χ2v) is 8.78. The highest BCUT2D eigenvalue weighted by molar-refractivity contribution is 7.91. The van der Waals surface area contributed by atoms with Crippen molar-refractivity contribution in [3.63, 3.8) is 0 Å².